The number of rotatable bonds is 10. The molecule has 0 bridgehead atoms. The number of fused-ring (bicyclic) bond motifs is 3. The summed E-state index contributed by atoms with van der Waals surface area (Å²) in [6.45, 7) is 5.80. The molecule has 34 heavy (non-hydrogen) atoms. The minimum Gasteiger partial charge on any atom is -0.480 e. The second kappa shape index (κ2) is 11.5. The second-order valence-corrected chi connectivity index (χ2v) is 8.73. The lowest BCUT2D eigenvalue weighted by Gasteiger charge is -2.20. The molecule has 7 heteroatoms. The Morgan fingerprint density at radius 2 is 1.62 bits per heavy atom. The number of alkyl carbamates (subject to hydrolysis) is 1. The molecule has 0 saturated carbocycles. The highest BCUT2D eigenvalue weighted by Crippen LogP contribution is 2.44. The molecule has 2 unspecified atom stereocenters. The number of allylic oxidation sites excluding steroid dienone is 1. The van der Waals surface area contributed by atoms with Crippen molar-refractivity contribution in [2.75, 3.05) is 13.2 Å². The molecule has 0 radical (unpaired) electrons. The summed E-state index contributed by atoms with van der Waals surface area (Å²) in [7, 11) is 0. The normalized spacial score (nSPS) is 13.7. The first kappa shape index (κ1) is 25.0. The van der Waals surface area contributed by atoms with E-state index in [2.05, 4.69) is 22.8 Å². The number of ether oxygens (including phenoxy) is 1. The number of carbonyl (C=O) groups is 3. The van der Waals surface area contributed by atoms with Gasteiger partial charge in [0.15, 0.2) is 0 Å². The van der Waals surface area contributed by atoms with Crippen molar-refractivity contribution in [1.82, 2.24) is 10.6 Å². The van der Waals surface area contributed by atoms with Crippen LogP contribution < -0.4 is 10.6 Å². The van der Waals surface area contributed by atoms with Gasteiger partial charge in [0.05, 0.1) is 5.92 Å². The molecule has 0 spiro atoms. The first-order chi connectivity index (χ1) is 16.3. The summed E-state index contributed by atoms with van der Waals surface area (Å²) in [6, 6.07) is 15.2. The van der Waals surface area contributed by atoms with E-state index < -0.39 is 29.9 Å². The third-order valence-electron chi connectivity index (χ3n) is 6.08. The number of aliphatic carboxylic acids is 1. The summed E-state index contributed by atoms with van der Waals surface area (Å²) in [6.07, 6.45) is 1.83. The highest BCUT2D eigenvalue weighted by atomic mass is 16.5. The molecule has 3 rings (SSSR count). The van der Waals surface area contributed by atoms with Gasteiger partial charge in [-0.3, -0.25) is 4.79 Å². The zero-order valence-corrected chi connectivity index (χ0v) is 19.8. The van der Waals surface area contributed by atoms with E-state index in [1.54, 1.807) is 6.08 Å². The Labute approximate surface area is 200 Å². The summed E-state index contributed by atoms with van der Waals surface area (Å²) < 4.78 is 5.51. The maximum atomic E-state index is 12.6. The average Bonchev–Trinajstić information content (AvgIpc) is 3.14. The first-order valence-corrected chi connectivity index (χ1v) is 11.6. The van der Waals surface area contributed by atoms with Gasteiger partial charge in [-0.25, -0.2) is 9.59 Å². The quantitative estimate of drug-likeness (QED) is 0.450. The summed E-state index contributed by atoms with van der Waals surface area (Å²) in [5, 5.41) is 14.6. The van der Waals surface area contributed by atoms with Gasteiger partial charge in [-0.2, -0.15) is 0 Å². The van der Waals surface area contributed by atoms with Crippen molar-refractivity contribution >= 4 is 18.0 Å². The highest BCUT2D eigenvalue weighted by molar-refractivity contribution is 5.85. The van der Waals surface area contributed by atoms with E-state index in [4.69, 9.17) is 4.74 Å². The number of carbonyl (C=O) groups excluding carboxylic acids is 2. The Bertz CT molecular complexity index is 1030. The molecule has 3 N–H and O–H groups in total. The maximum Gasteiger partial charge on any atom is 0.407 e. The predicted molar refractivity (Wildman–Crippen MR) is 130 cm³/mol. The van der Waals surface area contributed by atoms with E-state index in [0.717, 1.165) is 27.8 Å². The number of amides is 2. The SMILES string of the molecule is CCC(CNC(=O)OCC1c2ccccc2-c2ccccc21)C(=O)NC(CC=C(C)C)C(=O)O. The fourth-order valence-electron chi connectivity index (χ4n) is 4.14. The molecule has 180 valence electrons. The van der Waals surface area contributed by atoms with Crippen molar-refractivity contribution in [3.8, 4) is 11.1 Å². The zero-order chi connectivity index (χ0) is 24.7. The van der Waals surface area contributed by atoms with Crippen LogP contribution >= 0.6 is 0 Å². The Morgan fingerprint density at radius 3 is 2.15 bits per heavy atom. The van der Waals surface area contributed by atoms with Crippen molar-refractivity contribution in [2.45, 2.75) is 45.6 Å². The lowest BCUT2D eigenvalue weighted by Crippen LogP contribution is -2.46. The van der Waals surface area contributed by atoms with Crippen LogP contribution in [0.15, 0.2) is 60.2 Å². The molecule has 0 aliphatic heterocycles. The summed E-state index contributed by atoms with van der Waals surface area (Å²) in [4.78, 5) is 36.5. The van der Waals surface area contributed by atoms with Crippen LogP contribution in [-0.4, -0.2) is 42.3 Å². The molecule has 2 atom stereocenters. The van der Waals surface area contributed by atoms with Crippen LogP contribution in [0.5, 0.6) is 0 Å². The smallest absolute Gasteiger partial charge is 0.407 e. The molecular weight excluding hydrogens is 432 g/mol. The van der Waals surface area contributed by atoms with Gasteiger partial charge >= 0.3 is 12.1 Å². The van der Waals surface area contributed by atoms with Gasteiger partial charge in [-0.1, -0.05) is 67.1 Å². The number of carboxylic acid groups (broad SMARTS) is 1. The summed E-state index contributed by atoms with van der Waals surface area (Å²) in [5.74, 6) is -2.11. The van der Waals surface area contributed by atoms with Crippen molar-refractivity contribution in [1.29, 1.82) is 0 Å². The molecule has 0 fully saturated rings. The Balaban J connectivity index is 1.54. The van der Waals surface area contributed by atoms with Crippen molar-refractivity contribution in [3.05, 3.63) is 71.3 Å². The van der Waals surface area contributed by atoms with Crippen molar-refractivity contribution in [3.63, 3.8) is 0 Å². The van der Waals surface area contributed by atoms with Gasteiger partial charge in [0.25, 0.3) is 0 Å². The number of benzene rings is 2. The molecule has 2 aromatic carbocycles. The molecule has 2 amide bonds. The Kier molecular flexibility index (Phi) is 8.46. The van der Waals surface area contributed by atoms with Crippen LogP contribution in [0.4, 0.5) is 4.79 Å². The van der Waals surface area contributed by atoms with E-state index in [9.17, 15) is 19.5 Å². The number of hydrogen-bond acceptors (Lipinski definition) is 4. The van der Waals surface area contributed by atoms with E-state index >= 15 is 0 Å². The van der Waals surface area contributed by atoms with Crippen LogP contribution in [0.3, 0.4) is 0 Å². The number of nitrogens with one attached hydrogen (secondary N) is 2. The first-order valence-electron chi connectivity index (χ1n) is 11.6. The topological polar surface area (TPSA) is 105 Å². The van der Waals surface area contributed by atoms with E-state index in [0.29, 0.717) is 6.42 Å². The Morgan fingerprint density at radius 1 is 1.03 bits per heavy atom. The minimum absolute atomic E-state index is 0.0465. The van der Waals surface area contributed by atoms with Crippen LogP contribution in [-0.2, 0) is 14.3 Å². The fourth-order valence-corrected chi connectivity index (χ4v) is 4.14. The summed E-state index contributed by atoms with van der Waals surface area (Å²) >= 11 is 0. The molecule has 0 aromatic heterocycles. The van der Waals surface area contributed by atoms with Crippen LogP contribution in [0.25, 0.3) is 11.1 Å². The van der Waals surface area contributed by atoms with Crippen LogP contribution in [0, 0.1) is 5.92 Å². The van der Waals surface area contributed by atoms with E-state index in [1.807, 2.05) is 57.2 Å². The van der Waals surface area contributed by atoms with Crippen molar-refractivity contribution < 1.29 is 24.2 Å². The Hall–Kier alpha value is -3.61. The lowest BCUT2D eigenvalue weighted by molar-refractivity contribution is -0.142. The molecule has 1 aliphatic rings. The molecular formula is C27H32N2O5. The molecule has 0 heterocycles. The largest absolute Gasteiger partial charge is 0.480 e. The molecule has 7 nitrogen and oxygen atoms in total. The van der Waals surface area contributed by atoms with Gasteiger partial charge in [-0.15, -0.1) is 0 Å². The van der Waals surface area contributed by atoms with Crippen LogP contribution in [0.1, 0.15) is 50.7 Å². The number of carboxylic acids is 1. The molecule has 0 saturated heterocycles. The average molecular weight is 465 g/mol. The van der Waals surface area contributed by atoms with Crippen LogP contribution in [0.2, 0.25) is 0 Å². The molecule has 2 aromatic rings. The van der Waals surface area contributed by atoms with E-state index in [-0.39, 0.29) is 25.5 Å². The van der Waals surface area contributed by atoms with Gasteiger partial charge < -0.3 is 20.5 Å². The lowest BCUT2D eigenvalue weighted by atomic mass is 9.98. The summed E-state index contributed by atoms with van der Waals surface area (Å²) in [5.41, 5.74) is 5.52. The van der Waals surface area contributed by atoms with Gasteiger partial charge in [0.2, 0.25) is 5.91 Å². The second-order valence-electron chi connectivity index (χ2n) is 8.73. The number of hydrogen-bond donors (Lipinski definition) is 3. The monoisotopic (exact) mass is 464 g/mol. The van der Waals surface area contributed by atoms with Gasteiger partial charge in [0, 0.05) is 12.5 Å². The predicted octanol–water partition coefficient (Wildman–Crippen LogP) is 4.48. The molecule has 1 aliphatic carbocycles. The standard InChI is InChI=1S/C27H32N2O5/c1-4-18(25(30)29-24(26(31)32)14-13-17(2)3)15-28-27(33)34-16-23-21-11-7-5-9-19(21)20-10-6-8-12-22(20)23/h5-13,18,23-24H,4,14-16H2,1-3H3,(H,28,33)(H,29,30)(H,31,32). The van der Waals surface area contributed by atoms with Gasteiger partial charge in [0.1, 0.15) is 12.6 Å². The third kappa shape index (κ3) is 6.04. The highest BCUT2D eigenvalue weighted by Gasteiger charge is 2.29. The third-order valence-corrected chi connectivity index (χ3v) is 6.08. The van der Waals surface area contributed by atoms with Gasteiger partial charge in [-0.05, 0) is 48.9 Å². The maximum absolute atomic E-state index is 12.6. The fraction of sp³-hybridized carbons (Fsp3) is 0.370. The zero-order valence-electron chi connectivity index (χ0n) is 19.8. The van der Waals surface area contributed by atoms with E-state index in [1.165, 1.54) is 0 Å². The minimum atomic E-state index is -1.09. The van der Waals surface area contributed by atoms with Crippen molar-refractivity contribution in [2.24, 2.45) is 5.92 Å².